The summed E-state index contributed by atoms with van der Waals surface area (Å²) in [5.74, 6) is 0. The largest absolute Gasteiger partial charge is 0.344 e. The molecule has 1 rings (SSSR count). The van der Waals surface area contributed by atoms with E-state index in [9.17, 15) is 0 Å². The van der Waals surface area contributed by atoms with E-state index in [4.69, 9.17) is 0 Å². The molecule has 1 atom stereocenters. The van der Waals surface area contributed by atoms with Crippen LogP contribution >= 0.6 is 11.3 Å². The van der Waals surface area contributed by atoms with E-state index in [-0.39, 0.29) is 0 Å². The lowest BCUT2D eigenvalue weighted by Gasteiger charge is -2.29. The molecule has 4 nitrogen and oxygen atoms in total. The van der Waals surface area contributed by atoms with Gasteiger partial charge in [0.2, 0.25) is 0 Å². The molecule has 1 aromatic heterocycles. The first-order valence-corrected chi connectivity index (χ1v) is 7.46. The second-order valence-corrected chi connectivity index (χ2v) is 5.88. The van der Waals surface area contributed by atoms with Gasteiger partial charge >= 0.3 is 0 Å². The van der Waals surface area contributed by atoms with Crippen molar-refractivity contribution < 1.29 is 0 Å². The lowest BCUT2D eigenvalue weighted by Crippen LogP contribution is -2.40. The van der Waals surface area contributed by atoms with Gasteiger partial charge in [-0.05, 0) is 34.5 Å². The van der Waals surface area contributed by atoms with Gasteiger partial charge in [-0.1, -0.05) is 6.92 Å². The first-order valence-electron chi connectivity index (χ1n) is 6.65. The molecule has 18 heavy (non-hydrogen) atoms. The molecule has 0 bridgehead atoms. The Kier molecular flexibility index (Phi) is 6.60. The summed E-state index contributed by atoms with van der Waals surface area (Å²) in [6.45, 7) is 10.6. The van der Waals surface area contributed by atoms with Gasteiger partial charge in [0.25, 0.3) is 0 Å². The molecule has 1 unspecified atom stereocenters. The molecule has 0 amide bonds. The molecule has 0 radical (unpaired) electrons. The third-order valence-electron chi connectivity index (χ3n) is 2.84. The Morgan fingerprint density at radius 2 is 2.11 bits per heavy atom. The van der Waals surface area contributed by atoms with Gasteiger partial charge in [-0.3, -0.25) is 0 Å². The number of thiazole rings is 1. The van der Waals surface area contributed by atoms with E-state index in [2.05, 4.69) is 55.0 Å². The minimum absolute atomic E-state index is 0.489. The molecule has 0 aliphatic carbocycles. The molecule has 0 aliphatic rings. The van der Waals surface area contributed by atoms with Crippen molar-refractivity contribution in [2.75, 3.05) is 38.6 Å². The number of nitrogens with one attached hydrogen (secondary N) is 1. The highest BCUT2D eigenvalue weighted by Crippen LogP contribution is 2.24. The molecule has 0 saturated carbocycles. The monoisotopic (exact) mass is 270 g/mol. The lowest BCUT2D eigenvalue weighted by atomic mass is 10.3. The van der Waals surface area contributed by atoms with Crippen molar-refractivity contribution >= 4 is 16.5 Å². The minimum Gasteiger partial charge on any atom is -0.344 e. The van der Waals surface area contributed by atoms with E-state index in [0.29, 0.717) is 6.04 Å². The summed E-state index contributed by atoms with van der Waals surface area (Å²) in [6.07, 6.45) is 1.99. The van der Waals surface area contributed by atoms with Crippen LogP contribution in [0.4, 0.5) is 5.13 Å². The summed E-state index contributed by atoms with van der Waals surface area (Å²) in [5.41, 5.74) is 0. The van der Waals surface area contributed by atoms with Crippen LogP contribution in [0.15, 0.2) is 6.20 Å². The second-order valence-electron chi connectivity index (χ2n) is 4.79. The highest BCUT2D eigenvalue weighted by Gasteiger charge is 2.16. The van der Waals surface area contributed by atoms with Crippen molar-refractivity contribution in [3.8, 4) is 0 Å². The standard InChI is InChI=1S/C13H26N4S/c1-6-14-8-12-9-15-13(18-12)17(7-2)11(3)10-16(4)5/h9,11,14H,6-8,10H2,1-5H3. The molecule has 1 aromatic rings. The zero-order valence-corrected chi connectivity index (χ0v) is 13.0. The summed E-state index contributed by atoms with van der Waals surface area (Å²) in [5, 5.41) is 4.48. The van der Waals surface area contributed by atoms with Crippen LogP contribution in [0.5, 0.6) is 0 Å². The van der Waals surface area contributed by atoms with Crippen molar-refractivity contribution in [1.29, 1.82) is 0 Å². The van der Waals surface area contributed by atoms with Gasteiger partial charge in [-0.25, -0.2) is 4.98 Å². The summed E-state index contributed by atoms with van der Waals surface area (Å²) in [7, 11) is 4.23. The van der Waals surface area contributed by atoms with Gasteiger partial charge in [0, 0.05) is 36.8 Å². The fourth-order valence-corrected chi connectivity index (χ4v) is 3.07. The Morgan fingerprint density at radius 1 is 1.39 bits per heavy atom. The SMILES string of the molecule is CCNCc1cnc(N(CC)C(C)CN(C)C)s1. The van der Waals surface area contributed by atoms with Crippen LogP contribution in [-0.4, -0.2) is 49.7 Å². The molecule has 0 fully saturated rings. The number of likely N-dealkylation sites (N-methyl/N-ethyl adjacent to an activating group) is 2. The number of nitrogens with zero attached hydrogens (tertiary/aromatic N) is 3. The van der Waals surface area contributed by atoms with Crippen LogP contribution in [-0.2, 0) is 6.54 Å². The van der Waals surface area contributed by atoms with E-state index in [1.165, 1.54) is 4.88 Å². The van der Waals surface area contributed by atoms with Crippen molar-refractivity contribution in [3.05, 3.63) is 11.1 Å². The van der Waals surface area contributed by atoms with E-state index in [0.717, 1.165) is 31.3 Å². The van der Waals surface area contributed by atoms with E-state index >= 15 is 0 Å². The van der Waals surface area contributed by atoms with Gasteiger partial charge < -0.3 is 15.1 Å². The van der Waals surface area contributed by atoms with Gasteiger partial charge in [-0.2, -0.15) is 0 Å². The average Bonchev–Trinajstić information content (AvgIpc) is 2.75. The summed E-state index contributed by atoms with van der Waals surface area (Å²) >= 11 is 1.79. The summed E-state index contributed by atoms with van der Waals surface area (Å²) in [6, 6.07) is 0.489. The molecular weight excluding hydrogens is 244 g/mol. The van der Waals surface area contributed by atoms with Gasteiger partial charge in [0.1, 0.15) is 0 Å². The molecule has 5 heteroatoms. The normalized spacial score (nSPS) is 13.0. The van der Waals surface area contributed by atoms with Crippen LogP contribution in [0.25, 0.3) is 0 Å². The zero-order chi connectivity index (χ0) is 13.5. The Bertz CT molecular complexity index is 337. The van der Waals surface area contributed by atoms with Crippen LogP contribution in [0, 0.1) is 0 Å². The summed E-state index contributed by atoms with van der Waals surface area (Å²) in [4.78, 5) is 10.5. The average molecular weight is 270 g/mol. The number of anilines is 1. The minimum atomic E-state index is 0.489. The molecule has 104 valence electrons. The highest BCUT2D eigenvalue weighted by molar-refractivity contribution is 7.15. The fraction of sp³-hybridized carbons (Fsp3) is 0.769. The molecule has 0 saturated heterocycles. The van der Waals surface area contributed by atoms with Gasteiger partial charge in [0.15, 0.2) is 5.13 Å². The second kappa shape index (κ2) is 7.71. The third-order valence-corrected chi connectivity index (χ3v) is 3.87. The molecule has 1 heterocycles. The molecular formula is C13H26N4S. The maximum absolute atomic E-state index is 4.55. The number of hydrogen-bond acceptors (Lipinski definition) is 5. The predicted octanol–water partition coefficient (Wildman–Crippen LogP) is 2.03. The number of rotatable bonds is 8. The maximum atomic E-state index is 4.55. The number of aromatic nitrogens is 1. The fourth-order valence-electron chi connectivity index (χ4n) is 2.02. The Morgan fingerprint density at radius 3 is 2.67 bits per heavy atom. The Balaban J connectivity index is 2.66. The van der Waals surface area contributed by atoms with Crippen molar-refractivity contribution in [3.63, 3.8) is 0 Å². The lowest BCUT2D eigenvalue weighted by molar-refractivity contribution is 0.373. The zero-order valence-electron chi connectivity index (χ0n) is 12.2. The molecule has 0 aliphatic heterocycles. The van der Waals surface area contributed by atoms with Crippen LogP contribution in [0.3, 0.4) is 0 Å². The summed E-state index contributed by atoms with van der Waals surface area (Å²) < 4.78 is 0. The van der Waals surface area contributed by atoms with Crippen LogP contribution in [0.2, 0.25) is 0 Å². The molecule has 0 spiro atoms. The topological polar surface area (TPSA) is 31.4 Å². The van der Waals surface area contributed by atoms with E-state index in [1.807, 2.05) is 6.20 Å². The third kappa shape index (κ3) is 4.55. The van der Waals surface area contributed by atoms with Crippen molar-refractivity contribution in [2.45, 2.75) is 33.4 Å². The van der Waals surface area contributed by atoms with Gasteiger partial charge in [-0.15, -0.1) is 11.3 Å². The van der Waals surface area contributed by atoms with Crippen LogP contribution in [0.1, 0.15) is 25.6 Å². The molecule has 0 aromatic carbocycles. The Labute approximate surface area is 115 Å². The van der Waals surface area contributed by atoms with E-state index < -0.39 is 0 Å². The quantitative estimate of drug-likeness (QED) is 0.783. The van der Waals surface area contributed by atoms with E-state index in [1.54, 1.807) is 11.3 Å². The number of hydrogen-bond donors (Lipinski definition) is 1. The van der Waals surface area contributed by atoms with Crippen LogP contribution < -0.4 is 10.2 Å². The maximum Gasteiger partial charge on any atom is 0.185 e. The van der Waals surface area contributed by atoms with Crippen molar-refractivity contribution in [2.24, 2.45) is 0 Å². The highest BCUT2D eigenvalue weighted by atomic mass is 32.1. The smallest absolute Gasteiger partial charge is 0.185 e. The first-order chi connectivity index (χ1) is 8.58. The van der Waals surface area contributed by atoms with Gasteiger partial charge in [0.05, 0.1) is 0 Å². The Hall–Kier alpha value is -0.650. The van der Waals surface area contributed by atoms with Crippen molar-refractivity contribution in [1.82, 2.24) is 15.2 Å². The predicted molar refractivity (Wildman–Crippen MR) is 80.5 cm³/mol. The first kappa shape index (κ1) is 15.4. The molecule has 1 N–H and O–H groups in total.